The molecule has 0 bridgehead atoms. The summed E-state index contributed by atoms with van der Waals surface area (Å²) in [4.78, 5) is 63.4. The molecule has 12 nitrogen and oxygen atoms in total. The van der Waals surface area contributed by atoms with E-state index in [2.05, 4.69) is 20.9 Å². The lowest BCUT2D eigenvalue weighted by molar-refractivity contribution is -0.136. The van der Waals surface area contributed by atoms with E-state index in [1.165, 1.54) is 22.9 Å². The number of piperidine rings is 1. The van der Waals surface area contributed by atoms with Crippen molar-refractivity contribution in [3.8, 4) is 11.3 Å². The normalized spacial score (nSPS) is 17.2. The Hall–Kier alpha value is -4.87. The topological polar surface area (TPSA) is 169 Å². The van der Waals surface area contributed by atoms with E-state index in [0.29, 0.717) is 11.4 Å². The Morgan fingerprint density at radius 2 is 1.97 bits per heavy atom. The first-order chi connectivity index (χ1) is 17.2. The van der Waals surface area contributed by atoms with Crippen molar-refractivity contribution in [2.24, 2.45) is 0 Å². The second-order valence-corrected chi connectivity index (χ2v) is 8.60. The fraction of sp³-hybridized carbons (Fsp3) is 0.208. The summed E-state index contributed by atoms with van der Waals surface area (Å²) in [5.74, 6) is -3.01. The maximum Gasteiger partial charge on any atom is 0.264 e. The highest BCUT2D eigenvalue weighted by Gasteiger charge is 2.45. The molecule has 2 aliphatic heterocycles. The minimum atomic E-state index is -1.09. The van der Waals surface area contributed by atoms with Crippen molar-refractivity contribution in [3.05, 3.63) is 59.3 Å². The van der Waals surface area contributed by atoms with Gasteiger partial charge in [0.1, 0.15) is 18.3 Å². The summed E-state index contributed by atoms with van der Waals surface area (Å²) < 4.78 is 1.35. The van der Waals surface area contributed by atoms with E-state index in [9.17, 15) is 24.0 Å². The largest absolute Gasteiger partial charge is 0.399 e. The van der Waals surface area contributed by atoms with Gasteiger partial charge in [0, 0.05) is 17.7 Å². The molecule has 3 aromatic rings. The second-order valence-electron chi connectivity index (χ2n) is 8.60. The molecule has 1 fully saturated rings. The SMILES string of the molecule is Cc1cc(-c2cn(CC(=O)Nc3cccc4c3C(=O)N(C3CCC(=O)NC3=O)C4=O)nn2)ccc1N. The number of aromatic nitrogens is 3. The Balaban J connectivity index is 1.33. The number of nitrogens with one attached hydrogen (secondary N) is 2. The van der Waals surface area contributed by atoms with Crippen LogP contribution < -0.4 is 16.4 Å². The number of aryl methyl sites for hydroxylation is 1. The maximum atomic E-state index is 13.2. The Morgan fingerprint density at radius 3 is 2.72 bits per heavy atom. The summed E-state index contributed by atoms with van der Waals surface area (Å²) in [6.07, 6.45) is 1.67. The highest BCUT2D eigenvalue weighted by Crippen LogP contribution is 2.32. The molecular weight excluding hydrogens is 466 g/mol. The Kier molecular flexibility index (Phi) is 5.55. The van der Waals surface area contributed by atoms with Gasteiger partial charge in [-0.15, -0.1) is 5.10 Å². The quantitative estimate of drug-likeness (QED) is 0.352. The summed E-state index contributed by atoms with van der Waals surface area (Å²) >= 11 is 0. The number of carbonyl (C=O) groups excluding carboxylic acids is 5. The van der Waals surface area contributed by atoms with Gasteiger partial charge in [0.25, 0.3) is 11.8 Å². The van der Waals surface area contributed by atoms with Crippen LogP contribution in [0.1, 0.15) is 39.1 Å². The number of imide groups is 2. The van der Waals surface area contributed by atoms with Crippen LogP contribution in [0.25, 0.3) is 11.3 Å². The number of hydrogen-bond donors (Lipinski definition) is 3. The zero-order chi connectivity index (χ0) is 25.6. The van der Waals surface area contributed by atoms with Gasteiger partial charge in [0.2, 0.25) is 17.7 Å². The van der Waals surface area contributed by atoms with Crippen LogP contribution in [-0.2, 0) is 20.9 Å². The molecule has 36 heavy (non-hydrogen) atoms. The van der Waals surface area contributed by atoms with E-state index in [0.717, 1.165) is 16.0 Å². The summed E-state index contributed by atoms with van der Waals surface area (Å²) in [5, 5.41) is 12.9. The van der Waals surface area contributed by atoms with Crippen LogP contribution in [0.2, 0.25) is 0 Å². The number of carbonyl (C=O) groups is 5. The van der Waals surface area contributed by atoms with Gasteiger partial charge in [-0.25, -0.2) is 4.68 Å². The molecular formula is C24H21N7O5. The predicted molar refractivity (Wildman–Crippen MR) is 126 cm³/mol. The zero-order valence-corrected chi connectivity index (χ0v) is 19.1. The second kappa shape index (κ2) is 8.73. The fourth-order valence-corrected chi connectivity index (χ4v) is 4.30. The van der Waals surface area contributed by atoms with Crippen LogP contribution in [0, 0.1) is 6.92 Å². The van der Waals surface area contributed by atoms with Gasteiger partial charge in [-0.1, -0.05) is 17.3 Å². The smallest absolute Gasteiger partial charge is 0.264 e. The highest BCUT2D eigenvalue weighted by molar-refractivity contribution is 6.26. The van der Waals surface area contributed by atoms with Crippen LogP contribution in [0.3, 0.4) is 0 Å². The van der Waals surface area contributed by atoms with E-state index in [4.69, 9.17) is 5.73 Å². The van der Waals surface area contributed by atoms with Crippen LogP contribution in [-0.4, -0.2) is 55.5 Å². The molecule has 1 aromatic heterocycles. The predicted octanol–water partition coefficient (Wildman–Crippen LogP) is 0.876. The first-order valence-electron chi connectivity index (χ1n) is 11.1. The third-order valence-corrected chi connectivity index (χ3v) is 6.15. The summed E-state index contributed by atoms with van der Waals surface area (Å²) in [5.41, 5.74) is 8.98. The van der Waals surface area contributed by atoms with Gasteiger partial charge in [-0.3, -0.25) is 34.2 Å². The van der Waals surface area contributed by atoms with Gasteiger partial charge in [0.15, 0.2) is 0 Å². The lowest BCUT2D eigenvalue weighted by Gasteiger charge is -2.27. The average molecular weight is 487 g/mol. The minimum Gasteiger partial charge on any atom is -0.399 e. The van der Waals surface area contributed by atoms with Crippen molar-refractivity contribution < 1.29 is 24.0 Å². The average Bonchev–Trinajstić information content (AvgIpc) is 3.39. The number of anilines is 2. The number of nitrogen functional groups attached to an aromatic ring is 1. The Labute approximate surface area is 204 Å². The van der Waals surface area contributed by atoms with Crippen LogP contribution in [0.4, 0.5) is 11.4 Å². The minimum absolute atomic E-state index is 0.00261. The summed E-state index contributed by atoms with van der Waals surface area (Å²) in [6, 6.07) is 8.83. The number of nitrogens with zero attached hydrogens (tertiary/aromatic N) is 4. The molecule has 1 atom stereocenters. The Morgan fingerprint density at radius 1 is 1.17 bits per heavy atom. The first-order valence-corrected chi connectivity index (χ1v) is 11.1. The maximum absolute atomic E-state index is 13.2. The molecule has 12 heteroatoms. The van der Waals surface area contributed by atoms with E-state index >= 15 is 0 Å². The molecule has 2 aromatic carbocycles. The molecule has 0 saturated carbocycles. The zero-order valence-electron chi connectivity index (χ0n) is 19.1. The number of hydrogen-bond acceptors (Lipinski definition) is 8. The molecule has 0 spiro atoms. The van der Waals surface area contributed by atoms with Crippen molar-refractivity contribution in [1.29, 1.82) is 0 Å². The molecule has 1 unspecified atom stereocenters. The molecule has 5 amide bonds. The monoisotopic (exact) mass is 487 g/mol. The van der Waals surface area contributed by atoms with Gasteiger partial charge in [-0.05, 0) is 43.2 Å². The third kappa shape index (κ3) is 3.98. The van der Waals surface area contributed by atoms with Gasteiger partial charge in [-0.2, -0.15) is 0 Å². The number of fused-ring (bicyclic) bond motifs is 1. The van der Waals surface area contributed by atoms with Crippen molar-refractivity contribution in [1.82, 2.24) is 25.2 Å². The molecule has 0 radical (unpaired) electrons. The molecule has 0 aliphatic carbocycles. The van der Waals surface area contributed by atoms with Crippen LogP contribution in [0.15, 0.2) is 42.6 Å². The van der Waals surface area contributed by atoms with Gasteiger partial charge in [0.05, 0.1) is 23.0 Å². The lowest BCUT2D eigenvalue weighted by atomic mass is 10.0. The van der Waals surface area contributed by atoms with E-state index in [1.807, 2.05) is 13.0 Å². The number of nitrogens with two attached hydrogens (primary N) is 1. The van der Waals surface area contributed by atoms with Crippen molar-refractivity contribution in [2.75, 3.05) is 11.1 Å². The van der Waals surface area contributed by atoms with Crippen molar-refractivity contribution in [3.63, 3.8) is 0 Å². The lowest BCUT2D eigenvalue weighted by Crippen LogP contribution is -2.54. The van der Waals surface area contributed by atoms with Crippen molar-refractivity contribution in [2.45, 2.75) is 32.4 Å². The molecule has 2 aliphatic rings. The first kappa shape index (κ1) is 22.9. The number of benzene rings is 2. The highest BCUT2D eigenvalue weighted by atomic mass is 16.2. The number of amides is 5. The molecule has 5 rings (SSSR count). The molecule has 182 valence electrons. The van der Waals surface area contributed by atoms with Gasteiger partial charge < -0.3 is 11.1 Å². The third-order valence-electron chi connectivity index (χ3n) is 6.15. The summed E-state index contributed by atoms with van der Waals surface area (Å²) in [7, 11) is 0. The molecule has 1 saturated heterocycles. The Bertz CT molecular complexity index is 1460. The van der Waals surface area contributed by atoms with Crippen molar-refractivity contribution >= 4 is 40.9 Å². The number of rotatable bonds is 5. The van der Waals surface area contributed by atoms with Crippen LogP contribution in [0.5, 0.6) is 0 Å². The fourth-order valence-electron chi connectivity index (χ4n) is 4.30. The van der Waals surface area contributed by atoms with Gasteiger partial charge >= 0.3 is 0 Å². The van der Waals surface area contributed by atoms with Crippen LogP contribution >= 0.6 is 0 Å². The summed E-state index contributed by atoms with van der Waals surface area (Å²) in [6.45, 7) is 1.69. The van der Waals surface area contributed by atoms with E-state index < -0.39 is 35.6 Å². The standard InChI is InChI=1S/C24H21N7O5/c1-12-9-13(5-6-15(12)25)17-10-30(29-28-17)11-20(33)26-16-4-2-3-14-21(16)24(36)31(23(14)35)18-7-8-19(32)27-22(18)34/h2-6,9-10,18H,7-8,11,25H2,1H3,(H,26,33)(H,27,32,34). The van der Waals surface area contributed by atoms with E-state index in [1.54, 1.807) is 18.3 Å². The molecule has 3 heterocycles. The molecule has 4 N–H and O–H groups in total. The van der Waals surface area contributed by atoms with E-state index in [-0.39, 0.29) is 36.2 Å².